The number of alkyl carbamates (subject to hydrolysis) is 1. The molecule has 1 N–H and O–H groups in total. The van der Waals surface area contributed by atoms with E-state index in [0.717, 1.165) is 24.8 Å². The zero-order valence-corrected chi connectivity index (χ0v) is 12.1. The molecule has 0 bridgehead atoms. The van der Waals surface area contributed by atoms with E-state index in [1.165, 1.54) is 5.56 Å². The molecule has 1 amide bonds. The number of nitrogens with one attached hydrogen (secondary N) is 1. The van der Waals surface area contributed by atoms with Crippen molar-refractivity contribution in [2.24, 2.45) is 0 Å². The fourth-order valence-electron chi connectivity index (χ4n) is 2.06. The Morgan fingerprint density at radius 3 is 2.14 bits per heavy atom. The first-order valence-electron chi connectivity index (χ1n) is 7.33. The van der Waals surface area contributed by atoms with Gasteiger partial charge in [0.2, 0.25) is 0 Å². The SMILES string of the molecule is O=C(NCCCCc1ccccc1)OCc1ccccc1. The summed E-state index contributed by atoms with van der Waals surface area (Å²) in [5.41, 5.74) is 2.33. The van der Waals surface area contributed by atoms with Gasteiger partial charge in [-0.3, -0.25) is 0 Å². The van der Waals surface area contributed by atoms with Gasteiger partial charge in [-0.25, -0.2) is 4.79 Å². The second-order valence-electron chi connectivity index (χ2n) is 4.93. The molecule has 0 saturated heterocycles. The van der Waals surface area contributed by atoms with E-state index in [1.54, 1.807) is 0 Å². The van der Waals surface area contributed by atoms with Gasteiger partial charge in [0.05, 0.1) is 0 Å². The van der Waals surface area contributed by atoms with Gasteiger partial charge in [-0.15, -0.1) is 0 Å². The van der Waals surface area contributed by atoms with E-state index in [2.05, 4.69) is 29.6 Å². The predicted octanol–water partition coefficient (Wildman–Crippen LogP) is 3.94. The molecule has 0 aliphatic rings. The Morgan fingerprint density at radius 2 is 1.48 bits per heavy atom. The van der Waals surface area contributed by atoms with Crippen LogP contribution in [0.25, 0.3) is 0 Å². The van der Waals surface area contributed by atoms with Gasteiger partial charge >= 0.3 is 6.09 Å². The van der Waals surface area contributed by atoms with E-state index in [-0.39, 0.29) is 6.09 Å². The van der Waals surface area contributed by atoms with Crippen LogP contribution in [-0.4, -0.2) is 12.6 Å². The quantitative estimate of drug-likeness (QED) is 0.782. The van der Waals surface area contributed by atoms with Gasteiger partial charge in [0.15, 0.2) is 0 Å². The van der Waals surface area contributed by atoms with Gasteiger partial charge in [-0.2, -0.15) is 0 Å². The topological polar surface area (TPSA) is 38.3 Å². The number of ether oxygens (including phenoxy) is 1. The van der Waals surface area contributed by atoms with Gasteiger partial charge in [0.25, 0.3) is 0 Å². The van der Waals surface area contributed by atoms with Crippen LogP contribution in [0.3, 0.4) is 0 Å². The second kappa shape index (κ2) is 8.80. The predicted molar refractivity (Wildman–Crippen MR) is 84.0 cm³/mol. The number of hydrogen-bond donors (Lipinski definition) is 1. The summed E-state index contributed by atoms with van der Waals surface area (Å²) < 4.78 is 5.14. The molecule has 0 aromatic heterocycles. The van der Waals surface area contributed by atoms with Crippen molar-refractivity contribution in [3.63, 3.8) is 0 Å². The third kappa shape index (κ3) is 6.13. The zero-order valence-electron chi connectivity index (χ0n) is 12.1. The maximum Gasteiger partial charge on any atom is 0.407 e. The van der Waals surface area contributed by atoms with Crippen LogP contribution < -0.4 is 5.32 Å². The van der Waals surface area contributed by atoms with Crippen LogP contribution >= 0.6 is 0 Å². The number of rotatable bonds is 7. The minimum Gasteiger partial charge on any atom is -0.445 e. The highest BCUT2D eigenvalue weighted by atomic mass is 16.5. The molecule has 21 heavy (non-hydrogen) atoms. The third-order valence-corrected chi connectivity index (χ3v) is 3.22. The molecule has 2 rings (SSSR count). The van der Waals surface area contributed by atoms with E-state index in [0.29, 0.717) is 13.2 Å². The van der Waals surface area contributed by atoms with Crippen LogP contribution in [0.4, 0.5) is 4.79 Å². The first-order valence-corrected chi connectivity index (χ1v) is 7.33. The lowest BCUT2D eigenvalue weighted by Crippen LogP contribution is -2.25. The minimum absolute atomic E-state index is 0.316. The Hall–Kier alpha value is -2.29. The van der Waals surface area contributed by atoms with Crippen LogP contribution in [0.2, 0.25) is 0 Å². The van der Waals surface area contributed by atoms with Crippen molar-refractivity contribution in [2.75, 3.05) is 6.54 Å². The van der Waals surface area contributed by atoms with Gasteiger partial charge in [-0.05, 0) is 30.4 Å². The molecular formula is C18H21NO2. The van der Waals surface area contributed by atoms with Crippen LogP contribution in [-0.2, 0) is 17.8 Å². The van der Waals surface area contributed by atoms with E-state index in [4.69, 9.17) is 4.74 Å². The highest BCUT2D eigenvalue weighted by Crippen LogP contribution is 2.04. The molecule has 0 fully saturated rings. The molecule has 0 aliphatic carbocycles. The zero-order chi connectivity index (χ0) is 14.8. The van der Waals surface area contributed by atoms with Crippen molar-refractivity contribution in [2.45, 2.75) is 25.9 Å². The van der Waals surface area contributed by atoms with E-state index in [1.807, 2.05) is 36.4 Å². The summed E-state index contributed by atoms with van der Waals surface area (Å²) in [5.74, 6) is 0. The number of amides is 1. The maximum absolute atomic E-state index is 11.5. The smallest absolute Gasteiger partial charge is 0.407 e. The lowest BCUT2D eigenvalue weighted by atomic mass is 10.1. The highest BCUT2D eigenvalue weighted by Gasteiger charge is 2.01. The lowest BCUT2D eigenvalue weighted by Gasteiger charge is -2.07. The number of carbonyl (C=O) groups excluding carboxylic acids is 1. The standard InChI is InChI=1S/C18H21NO2/c20-18(21-15-17-12-5-2-6-13-17)19-14-8-7-11-16-9-3-1-4-10-16/h1-6,9-10,12-13H,7-8,11,14-15H2,(H,19,20). The van der Waals surface area contributed by atoms with Crippen molar-refractivity contribution >= 4 is 6.09 Å². The second-order valence-corrected chi connectivity index (χ2v) is 4.93. The largest absolute Gasteiger partial charge is 0.445 e. The summed E-state index contributed by atoms with van der Waals surface area (Å²) in [6, 6.07) is 20.1. The Kier molecular flexibility index (Phi) is 6.33. The van der Waals surface area contributed by atoms with Crippen molar-refractivity contribution in [1.29, 1.82) is 0 Å². The van der Waals surface area contributed by atoms with Crippen molar-refractivity contribution in [3.05, 3.63) is 71.8 Å². The number of carbonyl (C=O) groups is 1. The fraction of sp³-hybridized carbons (Fsp3) is 0.278. The van der Waals surface area contributed by atoms with Crippen molar-refractivity contribution in [3.8, 4) is 0 Å². The molecular weight excluding hydrogens is 262 g/mol. The van der Waals surface area contributed by atoms with Gasteiger partial charge < -0.3 is 10.1 Å². The van der Waals surface area contributed by atoms with Gasteiger partial charge in [0, 0.05) is 6.54 Å². The van der Waals surface area contributed by atoms with Crippen LogP contribution in [0.1, 0.15) is 24.0 Å². The molecule has 3 heteroatoms. The summed E-state index contributed by atoms with van der Waals surface area (Å²) in [6.07, 6.45) is 2.71. The molecule has 0 heterocycles. The van der Waals surface area contributed by atoms with Crippen LogP contribution in [0.5, 0.6) is 0 Å². The molecule has 0 aliphatic heterocycles. The number of unbranched alkanes of at least 4 members (excludes halogenated alkanes) is 1. The van der Waals surface area contributed by atoms with Gasteiger partial charge in [0.1, 0.15) is 6.61 Å². The lowest BCUT2D eigenvalue weighted by molar-refractivity contribution is 0.139. The Bertz CT molecular complexity index is 525. The average Bonchev–Trinajstić information content (AvgIpc) is 2.54. The number of benzene rings is 2. The molecule has 110 valence electrons. The number of hydrogen-bond acceptors (Lipinski definition) is 2. The molecule has 0 saturated carbocycles. The first kappa shape index (κ1) is 15.1. The van der Waals surface area contributed by atoms with Crippen molar-refractivity contribution in [1.82, 2.24) is 5.32 Å². The average molecular weight is 283 g/mol. The van der Waals surface area contributed by atoms with Crippen LogP contribution in [0, 0.1) is 0 Å². The third-order valence-electron chi connectivity index (χ3n) is 3.22. The normalized spacial score (nSPS) is 10.1. The molecule has 0 radical (unpaired) electrons. The molecule has 0 spiro atoms. The summed E-state index contributed by atoms with van der Waals surface area (Å²) in [7, 11) is 0. The molecule has 3 nitrogen and oxygen atoms in total. The highest BCUT2D eigenvalue weighted by molar-refractivity contribution is 5.67. The first-order chi connectivity index (χ1) is 10.3. The number of aryl methyl sites for hydroxylation is 1. The fourth-order valence-corrected chi connectivity index (χ4v) is 2.06. The summed E-state index contributed by atoms with van der Waals surface area (Å²) in [5, 5.41) is 2.78. The maximum atomic E-state index is 11.5. The summed E-state index contributed by atoms with van der Waals surface area (Å²) in [6.45, 7) is 0.969. The minimum atomic E-state index is -0.349. The molecule has 2 aromatic carbocycles. The summed E-state index contributed by atoms with van der Waals surface area (Å²) >= 11 is 0. The van der Waals surface area contributed by atoms with Gasteiger partial charge in [-0.1, -0.05) is 60.7 Å². The Labute approximate surface area is 126 Å². The monoisotopic (exact) mass is 283 g/mol. The van der Waals surface area contributed by atoms with Crippen LogP contribution in [0.15, 0.2) is 60.7 Å². The van der Waals surface area contributed by atoms with E-state index in [9.17, 15) is 4.79 Å². The Morgan fingerprint density at radius 1 is 0.857 bits per heavy atom. The van der Waals surface area contributed by atoms with E-state index < -0.39 is 0 Å². The van der Waals surface area contributed by atoms with E-state index >= 15 is 0 Å². The molecule has 0 unspecified atom stereocenters. The molecule has 0 atom stereocenters. The van der Waals surface area contributed by atoms with Crippen molar-refractivity contribution < 1.29 is 9.53 Å². The summed E-state index contributed by atoms with van der Waals surface area (Å²) in [4.78, 5) is 11.5. The Balaban J connectivity index is 1.53. The molecule has 2 aromatic rings.